The third-order valence-electron chi connectivity index (χ3n) is 15.6. The molecular weight excluding hydrogens is 849 g/mol. The minimum atomic E-state index is -4.38. The van der Waals surface area contributed by atoms with Gasteiger partial charge in [-0.3, -0.25) is 4.55 Å². The molecule has 0 unspecified atom stereocenters. The highest BCUT2D eigenvalue weighted by Gasteiger charge is 2.25. The Morgan fingerprint density at radius 3 is 0.735 bits per heavy atom. The summed E-state index contributed by atoms with van der Waals surface area (Å²) in [7, 11) is -4.38. The minimum absolute atomic E-state index is 0.219. The summed E-state index contributed by atoms with van der Waals surface area (Å²) in [6.07, 6.45) is 67.4. The van der Waals surface area contributed by atoms with Gasteiger partial charge in [-0.15, -0.1) is 0 Å². The second-order valence-corrected chi connectivity index (χ2v) is 23.3. The van der Waals surface area contributed by atoms with Gasteiger partial charge >= 0.3 is 0 Å². The molecule has 0 aliphatic carbocycles. The van der Waals surface area contributed by atoms with E-state index in [0.29, 0.717) is 0 Å². The van der Waals surface area contributed by atoms with Crippen molar-refractivity contribution in [2.75, 3.05) is 0 Å². The molecule has 2 rings (SSSR count). The molecule has 68 heavy (non-hydrogen) atoms. The number of hydrogen-bond donors (Lipinski definition) is 1. The Bertz CT molecular complexity index is 1510. The number of rotatable bonds is 52. The molecule has 0 heterocycles. The third kappa shape index (κ3) is 32.6. The van der Waals surface area contributed by atoms with Gasteiger partial charge in [0.25, 0.3) is 10.1 Å². The van der Waals surface area contributed by atoms with Crippen molar-refractivity contribution in [2.45, 2.75) is 353 Å². The molecule has 4 heteroatoms. The molecule has 0 aliphatic rings. The molecule has 0 aliphatic heterocycles. The summed E-state index contributed by atoms with van der Waals surface area (Å²) < 4.78 is 37.7. The predicted octanol–water partition coefficient (Wildman–Crippen LogP) is 22.5. The first-order chi connectivity index (χ1) is 33.5. The highest BCUT2D eigenvalue weighted by atomic mass is 32.2. The van der Waals surface area contributed by atoms with Crippen LogP contribution in [0.2, 0.25) is 0 Å². The van der Waals surface area contributed by atoms with Crippen LogP contribution in [0.4, 0.5) is 0 Å². The van der Waals surface area contributed by atoms with Gasteiger partial charge in [-0.1, -0.05) is 334 Å². The molecule has 0 radical (unpaired) electrons. The first-order valence-electron chi connectivity index (χ1n) is 31.0. The summed E-state index contributed by atoms with van der Waals surface area (Å²) >= 11 is 0. The lowest BCUT2D eigenvalue weighted by atomic mass is 9.86. The Labute approximate surface area is 425 Å². The van der Waals surface area contributed by atoms with Crippen LogP contribution >= 0.6 is 0 Å². The number of fused-ring (bicyclic) bond motifs is 1. The van der Waals surface area contributed by atoms with E-state index in [1.807, 2.05) is 12.1 Å². The maximum atomic E-state index is 13.4. The van der Waals surface area contributed by atoms with E-state index in [-0.39, 0.29) is 4.90 Å². The van der Waals surface area contributed by atoms with E-state index in [2.05, 4.69) is 32.9 Å². The molecule has 0 saturated carbocycles. The van der Waals surface area contributed by atoms with Crippen LogP contribution in [-0.2, 0) is 29.4 Å². The predicted molar refractivity (Wildman–Crippen MR) is 304 cm³/mol. The molecular formula is C64H116O3S. The van der Waals surface area contributed by atoms with Crippen LogP contribution in [0.3, 0.4) is 0 Å². The molecule has 0 atom stereocenters. The van der Waals surface area contributed by atoms with E-state index in [9.17, 15) is 13.0 Å². The van der Waals surface area contributed by atoms with Crippen LogP contribution in [0.1, 0.15) is 346 Å². The van der Waals surface area contributed by atoms with Crippen molar-refractivity contribution < 1.29 is 13.0 Å². The highest BCUT2D eigenvalue weighted by molar-refractivity contribution is 7.86. The molecule has 2 aromatic carbocycles. The van der Waals surface area contributed by atoms with E-state index in [4.69, 9.17) is 0 Å². The van der Waals surface area contributed by atoms with Gasteiger partial charge < -0.3 is 0 Å². The summed E-state index contributed by atoms with van der Waals surface area (Å²) in [4.78, 5) is 0.219. The Morgan fingerprint density at radius 2 is 0.485 bits per heavy atom. The molecule has 396 valence electrons. The van der Waals surface area contributed by atoms with Crippen LogP contribution in [0.15, 0.2) is 29.2 Å². The van der Waals surface area contributed by atoms with Crippen LogP contribution < -0.4 is 0 Å². The monoisotopic (exact) mass is 965 g/mol. The van der Waals surface area contributed by atoms with Gasteiger partial charge in [0.15, 0.2) is 0 Å². The average Bonchev–Trinajstić information content (AvgIpc) is 3.33. The lowest BCUT2D eigenvalue weighted by molar-refractivity contribution is 0.482. The van der Waals surface area contributed by atoms with Gasteiger partial charge in [-0.25, -0.2) is 0 Å². The summed E-state index contributed by atoms with van der Waals surface area (Å²) in [5, 5.41) is 1.80. The largest absolute Gasteiger partial charge is 0.295 e. The summed E-state index contributed by atoms with van der Waals surface area (Å²) in [5.74, 6) is 0. The van der Waals surface area contributed by atoms with E-state index in [1.54, 1.807) is 0 Å². The van der Waals surface area contributed by atoms with Crippen LogP contribution in [0, 0.1) is 0 Å². The molecule has 0 fully saturated rings. The van der Waals surface area contributed by atoms with Crippen molar-refractivity contribution >= 4 is 20.9 Å². The second kappa shape index (κ2) is 45.5. The maximum absolute atomic E-state index is 13.4. The SMILES string of the molecule is CCCCCCCCCCCCCCCCCCc1c(CCCCCCCCCCCCCCCCCC)c(S(=O)(=O)O)c2ccccc2c1CCCCCCCCCCCCCCCCCC. The highest BCUT2D eigenvalue weighted by Crippen LogP contribution is 2.37. The molecule has 3 nitrogen and oxygen atoms in total. The van der Waals surface area contributed by atoms with Gasteiger partial charge in [0.1, 0.15) is 4.90 Å². The van der Waals surface area contributed by atoms with Gasteiger partial charge in [0, 0.05) is 5.39 Å². The molecule has 0 aromatic heterocycles. The second-order valence-electron chi connectivity index (χ2n) is 21.9. The molecule has 0 bridgehead atoms. The Morgan fingerprint density at radius 1 is 0.279 bits per heavy atom. The van der Waals surface area contributed by atoms with E-state index >= 15 is 0 Å². The normalized spacial score (nSPS) is 12.0. The average molecular weight is 966 g/mol. The number of aryl methyl sites for hydroxylation is 1. The summed E-state index contributed by atoms with van der Waals surface area (Å²) in [6, 6.07) is 8.14. The molecule has 0 spiro atoms. The van der Waals surface area contributed by atoms with E-state index in [0.717, 1.165) is 61.3 Å². The number of hydrogen-bond acceptors (Lipinski definition) is 2. The smallest absolute Gasteiger partial charge is 0.282 e. The summed E-state index contributed by atoms with van der Waals surface area (Å²) in [5.41, 5.74) is 3.60. The van der Waals surface area contributed by atoms with Crippen molar-refractivity contribution in [2.24, 2.45) is 0 Å². The lowest BCUT2D eigenvalue weighted by Crippen LogP contribution is -2.12. The van der Waals surface area contributed by atoms with Crippen LogP contribution in [-0.4, -0.2) is 13.0 Å². The first kappa shape index (κ1) is 62.7. The minimum Gasteiger partial charge on any atom is -0.282 e. The van der Waals surface area contributed by atoms with Gasteiger partial charge in [0.2, 0.25) is 0 Å². The lowest BCUT2D eigenvalue weighted by Gasteiger charge is -2.22. The fourth-order valence-corrected chi connectivity index (χ4v) is 12.3. The standard InChI is InChI=1S/C64H116O3S/c1-4-7-10-13-16-19-22-25-28-31-34-37-40-43-46-49-54-59-60(55-50-47-44-41-38-35-32-29-26-23-20-17-14-11-8-5-2)62(64(68(65,66)67)63-58-53-52-56-61(59)63)57-51-48-45-42-39-36-33-30-27-24-21-18-15-12-9-6-3/h52-53,56,58H,4-51,54-55,57H2,1-3H3,(H,65,66,67). The third-order valence-corrected chi connectivity index (χ3v) is 16.6. The van der Waals surface area contributed by atoms with Gasteiger partial charge in [-0.05, 0) is 60.6 Å². The Hall–Kier alpha value is -1.39. The molecule has 0 saturated heterocycles. The van der Waals surface area contributed by atoms with E-state index < -0.39 is 10.1 Å². The fraction of sp³-hybridized carbons (Fsp3) is 0.844. The fourth-order valence-electron chi connectivity index (χ4n) is 11.3. The molecule has 1 N–H and O–H groups in total. The zero-order chi connectivity index (χ0) is 48.9. The van der Waals surface area contributed by atoms with Crippen molar-refractivity contribution in [3.05, 3.63) is 41.0 Å². The Kier molecular flexibility index (Phi) is 41.9. The van der Waals surface area contributed by atoms with Crippen molar-refractivity contribution in [3.8, 4) is 0 Å². The van der Waals surface area contributed by atoms with Crippen molar-refractivity contribution in [3.63, 3.8) is 0 Å². The topological polar surface area (TPSA) is 54.4 Å². The van der Waals surface area contributed by atoms with Crippen molar-refractivity contribution in [1.82, 2.24) is 0 Å². The number of benzene rings is 2. The van der Waals surface area contributed by atoms with Crippen LogP contribution in [0.5, 0.6) is 0 Å². The first-order valence-corrected chi connectivity index (χ1v) is 32.4. The van der Waals surface area contributed by atoms with Crippen LogP contribution in [0.25, 0.3) is 10.8 Å². The Balaban J connectivity index is 1.94. The zero-order valence-electron chi connectivity index (χ0n) is 46.0. The molecule has 2 aromatic rings. The molecule has 0 amide bonds. The number of unbranched alkanes of at least 4 members (excludes halogenated alkanes) is 45. The quantitative estimate of drug-likeness (QED) is 0.0531. The maximum Gasteiger partial charge on any atom is 0.295 e. The summed E-state index contributed by atoms with van der Waals surface area (Å²) in [6.45, 7) is 6.89. The van der Waals surface area contributed by atoms with Gasteiger partial charge in [0.05, 0.1) is 0 Å². The van der Waals surface area contributed by atoms with Gasteiger partial charge in [-0.2, -0.15) is 8.42 Å². The van der Waals surface area contributed by atoms with Crippen molar-refractivity contribution in [1.29, 1.82) is 0 Å². The van der Waals surface area contributed by atoms with E-state index in [1.165, 1.54) is 294 Å². The zero-order valence-corrected chi connectivity index (χ0v) is 46.9.